The number of ketones is 2. The highest BCUT2D eigenvalue weighted by molar-refractivity contribution is 9.10. The van der Waals surface area contributed by atoms with Crippen LogP contribution < -0.4 is 0 Å². The second kappa shape index (κ2) is 6.49. The zero-order valence-electron chi connectivity index (χ0n) is 11.5. The van der Waals surface area contributed by atoms with E-state index in [2.05, 4.69) is 21.0 Å². The van der Waals surface area contributed by atoms with Crippen molar-refractivity contribution in [3.8, 4) is 0 Å². The number of nitrogens with zero attached hydrogens (tertiary/aromatic N) is 2. The molecule has 2 rings (SSSR count). The number of carbonyl (C=O) groups is 2. The van der Waals surface area contributed by atoms with Gasteiger partial charge in [-0.15, -0.1) is 0 Å². The van der Waals surface area contributed by atoms with Gasteiger partial charge in [0.15, 0.2) is 5.76 Å². The molecule has 0 saturated carbocycles. The minimum Gasteiger partial charge on any atom is -0.451 e. The van der Waals surface area contributed by atoms with Crippen molar-refractivity contribution in [1.82, 2.24) is 5.01 Å². The van der Waals surface area contributed by atoms with Crippen LogP contribution in [0.15, 0.2) is 50.4 Å². The van der Waals surface area contributed by atoms with Gasteiger partial charge < -0.3 is 9.43 Å². The predicted molar refractivity (Wildman–Crippen MR) is 82.8 cm³/mol. The summed E-state index contributed by atoms with van der Waals surface area (Å²) in [5, 5.41) is 5.59. The molecule has 1 aromatic heterocycles. The van der Waals surface area contributed by atoms with Gasteiger partial charge in [0.1, 0.15) is 5.76 Å². The zero-order valence-corrected chi connectivity index (χ0v) is 13.1. The summed E-state index contributed by atoms with van der Waals surface area (Å²) < 4.78 is 6.15. The molecular formula is C15H13BrN2O3. The van der Waals surface area contributed by atoms with Gasteiger partial charge in [0.25, 0.3) is 5.78 Å². The van der Waals surface area contributed by atoms with Crippen LogP contribution in [-0.4, -0.2) is 36.9 Å². The average Bonchev–Trinajstić information content (AvgIpc) is 2.93. The highest BCUT2D eigenvalue weighted by Gasteiger charge is 2.21. The monoisotopic (exact) mass is 348 g/mol. The van der Waals surface area contributed by atoms with Crippen LogP contribution in [0, 0.1) is 0 Å². The highest BCUT2D eigenvalue weighted by Crippen LogP contribution is 2.14. The quantitative estimate of drug-likeness (QED) is 0.360. The normalized spacial score (nSPS) is 10.8. The number of Topliss-reactive ketones (excluding diaryl/α,β-unsaturated/α-hetero) is 2. The first-order valence-electron chi connectivity index (χ1n) is 6.13. The van der Waals surface area contributed by atoms with Gasteiger partial charge in [-0.2, -0.15) is 5.10 Å². The molecule has 1 aromatic carbocycles. The van der Waals surface area contributed by atoms with Gasteiger partial charge in [0.05, 0.1) is 6.21 Å². The first kappa shape index (κ1) is 15.2. The Balaban J connectivity index is 2.16. The van der Waals surface area contributed by atoms with E-state index in [1.807, 2.05) is 0 Å². The third kappa shape index (κ3) is 3.88. The molecule has 0 fully saturated rings. The molecule has 1 heterocycles. The van der Waals surface area contributed by atoms with Crippen molar-refractivity contribution in [2.75, 3.05) is 14.1 Å². The van der Waals surface area contributed by atoms with Gasteiger partial charge in [-0.25, -0.2) is 0 Å². The second-order valence-corrected chi connectivity index (χ2v) is 5.37. The molecule has 108 valence electrons. The molecule has 0 aliphatic heterocycles. The molecule has 0 bridgehead atoms. The van der Waals surface area contributed by atoms with E-state index in [-0.39, 0.29) is 5.76 Å². The molecule has 2 aromatic rings. The van der Waals surface area contributed by atoms with Crippen LogP contribution in [0.25, 0.3) is 0 Å². The summed E-state index contributed by atoms with van der Waals surface area (Å²) in [5.74, 6) is -0.867. The molecule has 21 heavy (non-hydrogen) atoms. The Bertz CT molecular complexity index is 687. The SMILES string of the molecule is CN(C)/N=C/c1ccc(C(=O)C(=O)c2ccc(Br)cc2)o1. The van der Waals surface area contributed by atoms with E-state index in [1.54, 1.807) is 49.4 Å². The molecule has 5 nitrogen and oxygen atoms in total. The smallest absolute Gasteiger partial charge is 0.268 e. The fraction of sp³-hybridized carbons (Fsp3) is 0.133. The summed E-state index contributed by atoms with van der Waals surface area (Å²) in [6.45, 7) is 0. The zero-order chi connectivity index (χ0) is 15.4. The van der Waals surface area contributed by atoms with Gasteiger partial charge in [-0.05, 0) is 36.4 Å². The Hall–Kier alpha value is -2.21. The lowest BCUT2D eigenvalue weighted by Gasteiger charge is -2.00. The van der Waals surface area contributed by atoms with Crippen LogP contribution in [0.5, 0.6) is 0 Å². The van der Waals surface area contributed by atoms with Crippen molar-refractivity contribution in [2.45, 2.75) is 0 Å². The van der Waals surface area contributed by atoms with Crippen molar-refractivity contribution in [1.29, 1.82) is 0 Å². The lowest BCUT2D eigenvalue weighted by Crippen LogP contribution is -2.13. The second-order valence-electron chi connectivity index (χ2n) is 4.46. The predicted octanol–water partition coefficient (Wildman–Crippen LogP) is 3.00. The maximum atomic E-state index is 12.1. The Kier molecular flexibility index (Phi) is 4.70. The molecule has 0 radical (unpaired) electrons. The number of hydrazone groups is 1. The van der Waals surface area contributed by atoms with Crippen molar-refractivity contribution in [3.63, 3.8) is 0 Å². The molecule has 6 heteroatoms. The number of benzene rings is 1. The van der Waals surface area contributed by atoms with Crippen LogP contribution in [0.1, 0.15) is 26.7 Å². The van der Waals surface area contributed by atoms with E-state index in [0.29, 0.717) is 11.3 Å². The maximum absolute atomic E-state index is 12.1. The van der Waals surface area contributed by atoms with Gasteiger partial charge in [-0.1, -0.05) is 15.9 Å². The van der Waals surface area contributed by atoms with E-state index in [9.17, 15) is 9.59 Å². The average molecular weight is 349 g/mol. The third-order valence-corrected chi connectivity index (χ3v) is 3.11. The van der Waals surface area contributed by atoms with Crippen LogP contribution in [0.2, 0.25) is 0 Å². The summed E-state index contributed by atoms with van der Waals surface area (Å²) in [5.41, 5.74) is 0.322. The Morgan fingerprint density at radius 2 is 1.76 bits per heavy atom. The minimum absolute atomic E-state index is 0.00289. The highest BCUT2D eigenvalue weighted by atomic mass is 79.9. The summed E-state index contributed by atoms with van der Waals surface area (Å²) in [6, 6.07) is 9.64. The first-order chi connectivity index (χ1) is 9.97. The van der Waals surface area contributed by atoms with Crippen LogP contribution in [0.3, 0.4) is 0 Å². The minimum atomic E-state index is -0.679. The molecule has 0 saturated heterocycles. The molecule has 0 N–H and O–H groups in total. The topological polar surface area (TPSA) is 62.9 Å². The molecule has 0 amide bonds. The Morgan fingerprint density at radius 1 is 1.10 bits per heavy atom. The van der Waals surface area contributed by atoms with E-state index >= 15 is 0 Å². The van der Waals surface area contributed by atoms with Crippen molar-refractivity contribution >= 4 is 33.7 Å². The van der Waals surface area contributed by atoms with Crippen molar-refractivity contribution in [3.05, 3.63) is 58.0 Å². The molecule has 0 spiro atoms. The van der Waals surface area contributed by atoms with Crippen LogP contribution in [-0.2, 0) is 0 Å². The summed E-state index contributed by atoms with van der Waals surface area (Å²) in [6.07, 6.45) is 1.47. The summed E-state index contributed by atoms with van der Waals surface area (Å²) in [4.78, 5) is 24.1. The number of hydrogen-bond acceptors (Lipinski definition) is 5. The fourth-order valence-electron chi connectivity index (χ4n) is 1.56. The van der Waals surface area contributed by atoms with E-state index < -0.39 is 11.6 Å². The van der Waals surface area contributed by atoms with Gasteiger partial charge in [0.2, 0.25) is 5.78 Å². The fourth-order valence-corrected chi connectivity index (χ4v) is 1.83. The van der Waals surface area contributed by atoms with Gasteiger partial charge >= 0.3 is 0 Å². The lowest BCUT2D eigenvalue weighted by molar-refractivity contribution is 0.0800. The van der Waals surface area contributed by atoms with Gasteiger partial charge in [0, 0.05) is 24.1 Å². The molecular weight excluding hydrogens is 336 g/mol. The first-order valence-corrected chi connectivity index (χ1v) is 6.92. The van der Waals surface area contributed by atoms with E-state index in [1.165, 1.54) is 12.3 Å². The number of halogens is 1. The molecule has 0 atom stereocenters. The largest absolute Gasteiger partial charge is 0.451 e. The van der Waals surface area contributed by atoms with E-state index in [4.69, 9.17) is 4.42 Å². The summed E-state index contributed by atoms with van der Waals surface area (Å²) in [7, 11) is 3.53. The lowest BCUT2D eigenvalue weighted by atomic mass is 10.1. The van der Waals surface area contributed by atoms with E-state index in [0.717, 1.165) is 4.47 Å². The Labute approximate surface area is 130 Å². The number of hydrogen-bond donors (Lipinski definition) is 0. The molecule has 0 aliphatic rings. The standard InChI is InChI=1S/C15H13BrN2O3/c1-18(2)17-9-12-7-8-13(21-12)15(20)14(19)10-3-5-11(16)6-4-10/h3-9H,1-2H3/b17-9+. The van der Waals surface area contributed by atoms with Gasteiger partial charge in [-0.3, -0.25) is 9.59 Å². The summed E-state index contributed by atoms with van der Waals surface area (Å²) >= 11 is 3.28. The molecule has 0 aliphatic carbocycles. The number of furan rings is 1. The third-order valence-electron chi connectivity index (χ3n) is 2.58. The van der Waals surface area contributed by atoms with Crippen molar-refractivity contribution < 1.29 is 14.0 Å². The molecule has 0 unspecified atom stereocenters. The maximum Gasteiger partial charge on any atom is 0.268 e. The number of carbonyl (C=O) groups excluding carboxylic acids is 2. The Morgan fingerprint density at radius 3 is 2.38 bits per heavy atom. The van der Waals surface area contributed by atoms with Crippen LogP contribution in [0.4, 0.5) is 0 Å². The van der Waals surface area contributed by atoms with Crippen LogP contribution >= 0.6 is 15.9 Å². The van der Waals surface area contributed by atoms with Crippen molar-refractivity contribution in [2.24, 2.45) is 5.10 Å². The number of rotatable bonds is 5.